The lowest BCUT2D eigenvalue weighted by molar-refractivity contribution is 0.0273. The van der Waals surface area contributed by atoms with Crippen LogP contribution in [0.15, 0.2) is 24.3 Å². The van der Waals surface area contributed by atoms with Crippen molar-refractivity contribution in [3.05, 3.63) is 35.4 Å². The summed E-state index contributed by atoms with van der Waals surface area (Å²) < 4.78 is 5.68. The minimum absolute atomic E-state index is 0.245. The second-order valence-electron chi connectivity index (χ2n) is 3.42. The van der Waals surface area contributed by atoms with E-state index < -0.39 is 0 Å². The molecular weight excluding hydrogens is 162 g/mol. The summed E-state index contributed by atoms with van der Waals surface area (Å²) in [5.74, 6) is 0. The van der Waals surface area contributed by atoms with Crippen LogP contribution < -0.4 is 5.32 Å². The minimum Gasteiger partial charge on any atom is -0.371 e. The molecule has 1 atom stereocenters. The van der Waals surface area contributed by atoms with Gasteiger partial charge in [0.2, 0.25) is 0 Å². The fraction of sp³-hybridized carbons (Fsp3) is 0.455. The highest BCUT2D eigenvalue weighted by Crippen LogP contribution is 2.21. The molecule has 0 radical (unpaired) electrons. The molecule has 0 amide bonds. The van der Waals surface area contributed by atoms with Gasteiger partial charge in [-0.05, 0) is 18.1 Å². The molecule has 70 valence electrons. The van der Waals surface area contributed by atoms with Crippen LogP contribution in [0.25, 0.3) is 0 Å². The van der Waals surface area contributed by atoms with Gasteiger partial charge in [0.1, 0.15) is 0 Å². The van der Waals surface area contributed by atoms with Crippen LogP contribution in [0.1, 0.15) is 17.2 Å². The normalized spacial score (nSPS) is 23.0. The fourth-order valence-corrected chi connectivity index (χ4v) is 1.71. The number of aryl methyl sites for hydroxylation is 1. The highest BCUT2D eigenvalue weighted by Gasteiger charge is 2.16. The first kappa shape index (κ1) is 8.73. The topological polar surface area (TPSA) is 21.3 Å². The standard InChI is InChI=1S/C11H15NO/c1-9-4-2-3-5-10(9)11-8-12-6-7-13-11/h2-5,11-12H,6-8H2,1H3/t11-/m0/s1. The Balaban J connectivity index is 2.18. The van der Waals surface area contributed by atoms with E-state index in [4.69, 9.17) is 4.74 Å². The van der Waals surface area contributed by atoms with Crippen molar-refractivity contribution < 1.29 is 4.74 Å². The summed E-state index contributed by atoms with van der Waals surface area (Å²) in [7, 11) is 0. The third-order valence-electron chi connectivity index (χ3n) is 2.46. The van der Waals surface area contributed by atoms with E-state index in [2.05, 4.69) is 36.5 Å². The van der Waals surface area contributed by atoms with Gasteiger partial charge in [-0.15, -0.1) is 0 Å². The van der Waals surface area contributed by atoms with Crippen molar-refractivity contribution in [2.45, 2.75) is 13.0 Å². The van der Waals surface area contributed by atoms with Gasteiger partial charge in [0, 0.05) is 13.1 Å². The van der Waals surface area contributed by atoms with E-state index in [0.717, 1.165) is 19.7 Å². The molecule has 0 unspecified atom stereocenters. The summed E-state index contributed by atoms with van der Waals surface area (Å²) in [5.41, 5.74) is 2.63. The Morgan fingerprint density at radius 1 is 1.38 bits per heavy atom. The van der Waals surface area contributed by atoms with Crippen LogP contribution in [0.4, 0.5) is 0 Å². The molecule has 1 aromatic carbocycles. The molecular formula is C11H15NO. The highest BCUT2D eigenvalue weighted by atomic mass is 16.5. The molecule has 1 heterocycles. The monoisotopic (exact) mass is 177 g/mol. The molecule has 2 heteroatoms. The van der Waals surface area contributed by atoms with E-state index in [9.17, 15) is 0 Å². The molecule has 1 aliphatic heterocycles. The lowest BCUT2D eigenvalue weighted by atomic mass is 10.0. The van der Waals surface area contributed by atoms with Crippen molar-refractivity contribution in [2.24, 2.45) is 0 Å². The molecule has 0 aromatic heterocycles. The maximum absolute atomic E-state index is 5.68. The van der Waals surface area contributed by atoms with Crippen molar-refractivity contribution >= 4 is 0 Å². The molecule has 1 saturated heterocycles. The van der Waals surface area contributed by atoms with Gasteiger partial charge in [-0.1, -0.05) is 24.3 Å². The molecule has 0 saturated carbocycles. The summed E-state index contributed by atoms with van der Waals surface area (Å²) in [6, 6.07) is 8.41. The predicted molar refractivity (Wildman–Crippen MR) is 52.7 cm³/mol. The van der Waals surface area contributed by atoms with Crippen LogP contribution in [0.2, 0.25) is 0 Å². The van der Waals surface area contributed by atoms with Crippen LogP contribution in [0, 0.1) is 6.92 Å². The van der Waals surface area contributed by atoms with Crippen LogP contribution in [-0.2, 0) is 4.74 Å². The van der Waals surface area contributed by atoms with Crippen LogP contribution in [-0.4, -0.2) is 19.7 Å². The quantitative estimate of drug-likeness (QED) is 0.704. The smallest absolute Gasteiger partial charge is 0.0952 e. The molecule has 0 aliphatic carbocycles. The Kier molecular flexibility index (Phi) is 2.62. The second kappa shape index (κ2) is 3.90. The van der Waals surface area contributed by atoms with Gasteiger partial charge in [-0.25, -0.2) is 0 Å². The third-order valence-corrected chi connectivity index (χ3v) is 2.46. The Hall–Kier alpha value is -0.860. The Labute approximate surface area is 78.9 Å². The van der Waals surface area contributed by atoms with Gasteiger partial charge in [0.25, 0.3) is 0 Å². The molecule has 2 nitrogen and oxygen atoms in total. The van der Waals surface area contributed by atoms with E-state index in [1.165, 1.54) is 11.1 Å². The van der Waals surface area contributed by atoms with Crippen molar-refractivity contribution in [1.29, 1.82) is 0 Å². The second-order valence-corrected chi connectivity index (χ2v) is 3.42. The van der Waals surface area contributed by atoms with Crippen LogP contribution in [0.3, 0.4) is 0 Å². The molecule has 0 bridgehead atoms. The average molecular weight is 177 g/mol. The number of hydrogen-bond acceptors (Lipinski definition) is 2. The largest absolute Gasteiger partial charge is 0.371 e. The van der Waals surface area contributed by atoms with Crippen molar-refractivity contribution in [3.8, 4) is 0 Å². The molecule has 13 heavy (non-hydrogen) atoms. The number of benzene rings is 1. The number of nitrogens with one attached hydrogen (secondary N) is 1. The van der Waals surface area contributed by atoms with Gasteiger partial charge >= 0.3 is 0 Å². The van der Waals surface area contributed by atoms with E-state index in [1.807, 2.05) is 0 Å². The first-order valence-electron chi connectivity index (χ1n) is 4.76. The fourth-order valence-electron chi connectivity index (χ4n) is 1.71. The summed E-state index contributed by atoms with van der Waals surface area (Å²) in [6.45, 7) is 4.86. The summed E-state index contributed by atoms with van der Waals surface area (Å²) in [4.78, 5) is 0. The molecule has 2 rings (SSSR count). The SMILES string of the molecule is Cc1ccccc1[C@@H]1CNCCO1. The van der Waals surface area contributed by atoms with E-state index in [1.54, 1.807) is 0 Å². The third kappa shape index (κ3) is 1.90. The maximum Gasteiger partial charge on any atom is 0.0952 e. The zero-order valence-corrected chi connectivity index (χ0v) is 7.92. The average Bonchev–Trinajstić information content (AvgIpc) is 2.20. The first-order chi connectivity index (χ1) is 6.38. The lowest BCUT2D eigenvalue weighted by Gasteiger charge is -2.25. The maximum atomic E-state index is 5.68. The zero-order valence-electron chi connectivity index (χ0n) is 7.92. The van der Waals surface area contributed by atoms with Crippen molar-refractivity contribution in [1.82, 2.24) is 5.32 Å². The van der Waals surface area contributed by atoms with Crippen molar-refractivity contribution in [2.75, 3.05) is 19.7 Å². The summed E-state index contributed by atoms with van der Waals surface area (Å²) >= 11 is 0. The number of hydrogen-bond donors (Lipinski definition) is 1. The molecule has 1 aliphatic rings. The number of rotatable bonds is 1. The lowest BCUT2D eigenvalue weighted by Crippen LogP contribution is -2.33. The Morgan fingerprint density at radius 3 is 2.92 bits per heavy atom. The molecule has 0 spiro atoms. The summed E-state index contributed by atoms with van der Waals surface area (Å²) in [6.07, 6.45) is 0.245. The van der Waals surface area contributed by atoms with Gasteiger partial charge in [-0.3, -0.25) is 0 Å². The Bertz CT molecular complexity index is 279. The Morgan fingerprint density at radius 2 is 2.23 bits per heavy atom. The van der Waals surface area contributed by atoms with Crippen molar-refractivity contribution in [3.63, 3.8) is 0 Å². The van der Waals surface area contributed by atoms with Crippen LogP contribution in [0.5, 0.6) is 0 Å². The van der Waals surface area contributed by atoms with Gasteiger partial charge < -0.3 is 10.1 Å². The summed E-state index contributed by atoms with van der Waals surface area (Å²) in [5, 5.41) is 3.34. The minimum atomic E-state index is 0.245. The van der Waals surface area contributed by atoms with E-state index >= 15 is 0 Å². The molecule has 1 aromatic rings. The predicted octanol–water partition coefficient (Wildman–Crippen LogP) is 1.66. The molecule has 1 fully saturated rings. The van der Waals surface area contributed by atoms with E-state index in [0.29, 0.717) is 0 Å². The van der Waals surface area contributed by atoms with Gasteiger partial charge in [-0.2, -0.15) is 0 Å². The van der Waals surface area contributed by atoms with Gasteiger partial charge in [0.05, 0.1) is 12.7 Å². The highest BCUT2D eigenvalue weighted by molar-refractivity contribution is 5.28. The zero-order chi connectivity index (χ0) is 9.10. The molecule has 1 N–H and O–H groups in total. The number of ether oxygens (including phenoxy) is 1. The van der Waals surface area contributed by atoms with Gasteiger partial charge in [0.15, 0.2) is 0 Å². The number of morpholine rings is 1. The first-order valence-corrected chi connectivity index (χ1v) is 4.76. The van der Waals surface area contributed by atoms with Crippen LogP contribution >= 0.6 is 0 Å². The van der Waals surface area contributed by atoms with E-state index in [-0.39, 0.29) is 6.10 Å².